The second-order valence-corrected chi connectivity index (χ2v) is 9.54. The van der Waals surface area contributed by atoms with Crippen molar-refractivity contribution in [2.75, 3.05) is 19.6 Å². The van der Waals surface area contributed by atoms with Gasteiger partial charge in [0, 0.05) is 30.4 Å². The number of likely N-dealkylation sites (tertiary alicyclic amines) is 1. The second kappa shape index (κ2) is 8.31. The number of piperidine rings is 1. The van der Waals surface area contributed by atoms with Gasteiger partial charge in [-0.05, 0) is 61.1 Å². The summed E-state index contributed by atoms with van der Waals surface area (Å²) < 4.78 is 0. The van der Waals surface area contributed by atoms with Crippen molar-refractivity contribution in [3.05, 3.63) is 47.3 Å². The van der Waals surface area contributed by atoms with Gasteiger partial charge in [0.25, 0.3) is 0 Å². The Morgan fingerprint density at radius 1 is 1.17 bits per heavy atom. The van der Waals surface area contributed by atoms with Crippen LogP contribution in [0.2, 0.25) is 0 Å². The van der Waals surface area contributed by atoms with Crippen molar-refractivity contribution < 1.29 is 9.59 Å². The van der Waals surface area contributed by atoms with Crippen LogP contribution in [0.3, 0.4) is 0 Å². The fourth-order valence-corrected chi connectivity index (χ4v) is 5.39. The van der Waals surface area contributed by atoms with Gasteiger partial charge in [-0.3, -0.25) is 9.59 Å². The van der Waals surface area contributed by atoms with Crippen LogP contribution in [-0.4, -0.2) is 36.3 Å². The third-order valence-corrected chi connectivity index (χ3v) is 7.51. The molecule has 0 radical (unpaired) electrons. The van der Waals surface area contributed by atoms with Gasteiger partial charge in [0.15, 0.2) is 0 Å². The Morgan fingerprint density at radius 2 is 1.90 bits per heavy atom. The normalized spacial score (nSPS) is 22.9. The summed E-state index contributed by atoms with van der Waals surface area (Å²) in [6.45, 7) is 6.11. The van der Waals surface area contributed by atoms with E-state index in [1.165, 1.54) is 16.0 Å². The highest BCUT2D eigenvalue weighted by molar-refractivity contribution is 7.13. The molecule has 1 aromatic heterocycles. The molecule has 1 aliphatic heterocycles. The molecule has 0 spiro atoms. The molecule has 1 N–H and O–H groups in total. The van der Waals surface area contributed by atoms with Gasteiger partial charge in [0.2, 0.25) is 11.8 Å². The molecule has 2 atom stereocenters. The Kier molecular flexibility index (Phi) is 5.77. The summed E-state index contributed by atoms with van der Waals surface area (Å²) >= 11 is 1.73. The van der Waals surface area contributed by atoms with Gasteiger partial charge in [-0.15, -0.1) is 11.3 Å². The van der Waals surface area contributed by atoms with Crippen molar-refractivity contribution in [3.8, 4) is 10.4 Å². The van der Waals surface area contributed by atoms with Crippen LogP contribution in [0.15, 0.2) is 41.8 Å². The minimum atomic E-state index is -0.449. The number of carbonyl (C=O) groups excluding carboxylic acids is 2. The lowest BCUT2D eigenvalue weighted by molar-refractivity contribution is -0.141. The van der Waals surface area contributed by atoms with Crippen molar-refractivity contribution in [1.82, 2.24) is 10.2 Å². The molecule has 2 fully saturated rings. The fourth-order valence-electron chi connectivity index (χ4n) is 4.60. The predicted molar refractivity (Wildman–Crippen MR) is 118 cm³/mol. The molecule has 2 aromatic rings. The van der Waals surface area contributed by atoms with Crippen molar-refractivity contribution >= 4 is 23.2 Å². The monoisotopic (exact) mass is 410 g/mol. The Morgan fingerprint density at radius 3 is 2.52 bits per heavy atom. The van der Waals surface area contributed by atoms with Crippen molar-refractivity contribution in [2.45, 2.75) is 39.5 Å². The number of amides is 2. The van der Waals surface area contributed by atoms with Crippen LogP contribution in [0.1, 0.15) is 38.7 Å². The molecule has 154 valence electrons. The Balaban J connectivity index is 1.56. The maximum absolute atomic E-state index is 13.2. The number of hydrogen-bond donors (Lipinski definition) is 1. The number of hydrogen-bond acceptors (Lipinski definition) is 3. The van der Waals surface area contributed by atoms with Gasteiger partial charge in [-0.2, -0.15) is 0 Å². The molecule has 2 amide bonds. The molecule has 5 heteroatoms. The summed E-state index contributed by atoms with van der Waals surface area (Å²) in [6.07, 6.45) is 3.19. The molecule has 29 heavy (non-hydrogen) atoms. The standard InChI is InChI=1S/C24H30N2O2S/c1-3-25-23(28)24(10-12-26(13-11-24)22(27)20-15-17(20)2)16-18-7-4-5-8-19(18)21-9-6-14-29-21/h4-9,14,17,20H,3,10-13,15-16H2,1-2H3,(H,25,28)/t17-,20+/m1/s1. The van der Waals surface area contributed by atoms with Crippen LogP contribution in [-0.2, 0) is 16.0 Å². The van der Waals surface area contributed by atoms with Gasteiger partial charge in [-0.25, -0.2) is 0 Å². The lowest BCUT2D eigenvalue weighted by Crippen LogP contribution is -2.51. The van der Waals surface area contributed by atoms with Crippen molar-refractivity contribution in [3.63, 3.8) is 0 Å². The molecule has 2 heterocycles. The third kappa shape index (κ3) is 4.11. The van der Waals surface area contributed by atoms with Crippen LogP contribution in [0.4, 0.5) is 0 Å². The second-order valence-electron chi connectivity index (χ2n) is 8.60. The maximum Gasteiger partial charge on any atom is 0.226 e. The van der Waals surface area contributed by atoms with Crippen LogP contribution >= 0.6 is 11.3 Å². The third-order valence-electron chi connectivity index (χ3n) is 6.61. The summed E-state index contributed by atoms with van der Waals surface area (Å²) in [7, 11) is 0. The van der Waals surface area contributed by atoms with Gasteiger partial charge in [0.1, 0.15) is 0 Å². The first-order valence-electron chi connectivity index (χ1n) is 10.7. The Labute approximate surface area is 177 Å². The summed E-state index contributed by atoms with van der Waals surface area (Å²) in [5, 5.41) is 5.17. The van der Waals surface area contributed by atoms with E-state index >= 15 is 0 Å². The van der Waals surface area contributed by atoms with E-state index in [4.69, 9.17) is 0 Å². The van der Waals surface area contributed by atoms with E-state index in [0.717, 1.165) is 25.7 Å². The van der Waals surface area contributed by atoms with E-state index in [2.05, 4.69) is 54.0 Å². The summed E-state index contributed by atoms with van der Waals surface area (Å²) in [5.74, 6) is 1.16. The van der Waals surface area contributed by atoms with E-state index in [1.54, 1.807) is 11.3 Å². The summed E-state index contributed by atoms with van der Waals surface area (Å²) in [5.41, 5.74) is 1.99. The molecule has 2 aliphatic rings. The maximum atomic E-state index is 13.2. The first-order valence-corrected chi connectivity index (χ1v) is 11.6. The molecule has 4 rings (SSSR count). The van der Waals surface area contributed by atoms with Crippen LogP contribution in [0, 0.1) is 17.3 Å². The van der Waals surface area contributed by atoms with E-state index in [1.807, 2.05) is 11.8 Å². The van der Waals surface area contributed by atoms with Crippen LogP contribution < -0.4 is 5.32 Å². The van der Waals surface area contributed by atoms with Gasteiger partial charge < -0.3 is 10.2 Å². The highest BCUT2D eigenvalue weighted by atomic mass is 32.1. The zero-order chi connectivity index (χ0) is 20.4. The minimum absolute atomic E-state index is 0.132. The number of carbonyl (C=O) groups is 2. The number of nitrogens with one attached hydrogen (secondary N) is 1. The number of benzene rings is 1. The lowest BCUT2D eigenvalue weighted by atomic mass is 9.72. The molecule has 1 saturated carbocycles. The molecular weight excluding hydrogens is 380 g/mol. The Hall–Kier alpha value is -2.14. The highest BCUT2D eigenvalue weighted by Gasteiger charge is 2.46. The van der Waals surface area contributed by atoms with E-state index < -0.39 is 5.41 Å². The lowest BCUT2D eigenvalue weighted by Gasteiger charge is -2.41. The minimum Gasteiger partial charge on any atom is -0.356 e. The molecule has 0 bridgehead atoms. The summed E-state index contributed by atoms with van der Waals surface area (Å²) in [4.78, 5) is 29.1. The highest BCUT2D eigenvalue weighted by Crippen LogP contribution is 2.43. The van der Waals surface area contributed by atoms with Crippen molar-refractivity contribution in [1.29, 1.82) is 0 Å². The quantitative estimate of drug-likeness (QED) is 0.769. The SMILES string of the molecule is CCNC(=O)C1(Cc2ccccc2-c2cccs2)CCN(C(=O)[C@H]2C[C@H]2C)CC1. The number of thiophene rings is 1. The van der Waals surface area contributed by atoms with E-state index in [9.17, 15) is 9.59 Å². The average molecular weight is 411 g/mol. The summed E-state index contributed by atoms with van der Waals surface area (Å²) in [6, 6.07) is 12.6. The van der Waals surface area contributed by atoms with E-state index in [-0.39, 0.29) is 11.8 Å². The first kappa shape index (κ1) is 20.1. The average Bonchev–Trinajstić information content (AvgIpc) is 3.22. The molecule has 1 saturated heterocycles. The van der Waals surface area contributed by atoms with Crippen molar-refractivity contribution in [2.24, 2.45) is 17.3 Å². The number of rotatable bonds is 6. The first-order chi connectivity index (χ1) is 14.0. The molecule has 1 aliphatic carbocycles. The zero-order valence-electron chi connectivity index (χ0n) is 17.3. The largest absolute Gasteiger partial charge is 0.356 e. The van der Waals surface area contributed by atoms with E-state index in [0.29, 0.717) is 31.5 Å². The fraction of sp³-hybridized carbons (Fsp3) is 0.500. The Bertz CT molecular complexity index is 869. The number of nitrogens with zero attached hydrogens (tertiary/aromatic N) is 1. The molecular formula is C24H30N2O2S. The van der Waals surface area contributed by atoms with Gasteiger partial charge >= 0.3 is 0 Å². The molecule has 0 unspecified atom stereocenters. The van der Waals surface area contributed by atoms with Crippen LogP contribution in [0.5, 0.6) is 0 Å². The zero-order valence-corrected chi connectivity index (χ0v) is 18.1. The van der Waals surface area contributed by atoms with Gasteiger partial charge in [0.05, 0.1) is 5.41 Å². The topological polar surface area (TPSA) is 49.4 Å². The predicted octanol–water partition coefficient (Wildman–Crippen LogP) is 4.36. The molecule has 4 nitrogen and oxygen atoms in total. The van der Waals surface area contributed by atoms with Gasteiger partial charge in [-0.1, -0.05) is 37.3 Å². The molecule has 1 aromatic carbocycles. The smallest absolute Gasteiger partial charge is 0.226 e. The van der Waals surface area contributed by atoms with Crippen LogP contribution in [0.25, 0.3) is 10.4 Å².